The van der Waals surface area contributed by atoms with Gasteiger partial charge in [-0.15, -0.1) is 0 Å². The van der Waals surface area contributed by atoms with Crippen molar-refractivity contribution in [2.24, 2.45) is 5.92 Å². The molecule has 6 nitrogen and oxygen atoms in total. The lowest BCUT2D eigenvalue weighted by molar-refractivity contribution is -0.126. The molecule has 0 spiro atoms. The number of hydrogen-bond acceptors (Lipinski definition) is 5. The molecule has 7 heteroatoms. The van der Waals surface area contributed by atoms with E-state index in [2.05, 4.69) is 15.9 Å². The minimum Gasteiger partial charge on any atom is -0.459 e. The molecule has 1 aromatic heterocycles. The first-order valence-electron chi connectivity index (χ1n) is 10.9. The number of benzene rings is 3. The van der Waals surface area contributed by atoms with Crippen molar-refractivity contribution in [3.05, 3.63) is 107 Å². The molecular formula is C27H19BrN2O4. The number of halogens is 1. The molecule has 0 N–H and O–H groups in total. The number of rotatable bonds is 4. The van der Waals surface area contributed by atoms with E-state index in [0.717, 1.165) is 15.7 Å². The van der Waals surface area contributed by atoms with E-state index >= 15 is 0 Å². The van der Waals surface area contributed by atoms with Crippen LogP contribution in [0.5, 0.6) is 0 Å². The molecule has 2 saturated heterocycles. The highest BCUT2D eigenvalue weighted by molar-refractivity contribution is 9.10. The minimum absolute atomic E-state index is 0.300. The maximum Gasteiger partial charge on any atom is 0.266 e. The number of imide groups is 1. The van der Waals surface area contributed by atoms with Crippen molar-refractivity contribution in [1.82, 2.24) is 0 Å². The third-order valence-corrected chi connectivity index (χ3v) is 6.72. The number of para-hydroxylation sites is 2. The predicted octanol–water partition coefficient (Wildman–Crippen LogP) is 5.76. The maximum atomic E-state index is 13.6. The van der Waals surface area contributed by atoms with Gasteiger partial charge in [0.1, 0.15) is 23.5 Å². The van der Waals surface area contributed by atoms with Crippen LogP contribution in [0.1, 0.15) is 11.8 Å². The number of carbonyl (C=O) groups excluding carboxylic acids is 2. The standard InChI is InChI=1S/C27H19BrN2O4/c28-18-13-11-17(12-14-18)21-15-16-22(33-21)24-23-25(34-30(24)20-9-5-2-6-10-20)27(32)29(26(23)31)19-7-3-1-4-8-19/h1-16,23-25H/t23-,24+,25-/m1/s1. The van der Waals surface area contributed by atoms with Crippen LogP contribution in [0.15, 0.2) is 106 Å². The number of nitrogens with zero attached hydrogens (tertiary/aromatic N) is 2. The van der Waals surface area contributed by atoms with Crippen LogP contribution in [0.4, 0.5) is 11.4 Å². The summed E-state index contributed by atoms with van der Waals surface area (Å²) in [5, 5.41) is 1.64. The van der Waals surface area contributed by atoms with E-state index < -0.39 is 18.1 Å². The zero-order valence-corrected chi connectivity index (χ0v) is 19.5. The van der Waals surface area contributed by atoms with E-state index in [0.29, 0.717) is 17.2 Å². The number of furan rings is 1. The summed E-state index contributed by atoms with van der Waals surface area (Å²) in [6, 6.07) is 29.3. The van der Waals surface area contributed by atoms with Crippen LogP contribution in [0.25, 0.3) is 11.3 Å². The molecular weight excluding hydrogens is 496 g/mol. The SMILES string of the molecule is O=C1[C@H]2[C@@H](ON(c3ccccc3)[C@H]2c2ccc(-c3ccc(Br)cc3)o2)C(=O)N1c1ccccc1. The number of amides is 2. The van der Waals surface area contributed by atoms with E-state index in [1.807, 2.05) is 72.8 Å². The van der Waals surface area contributed by atoms with Crippen molar-refractivity contribution >= 4 is 39.1 Å². The van der Waals surface area contributed by atoms with E-state index in [1.165, 1.54) is 4.90 Å². The lowest BCUT2D eigenvalue weighted by Crippen LogP contribution is -2.37. The predicted molar refractivity (Wildman–Crippen MR) is 131 cm³/mol. The Morgan fingerprint density at radius 2 is 1.35 bits per heavy atom. The highest BCUT2D eigenvalue weighted by Gasteiger charge is 2.61. The first-order valence-corrected chi connectivity index (χ1v) is 11.7. The highest BCUT2D eigenvalue weighted by Crippen LogP contribution is 2.48. The van der Waals surface area contributed by atoms with Crippen molar-refractivity contribution < 1.29 is 18.8 Å². The number of anilines is 2. The van der Waals surface area contributed by atoms with Gasteiger partial charge < -0.3 is 4.42 Å². The fourth-order valence-electron chi connectivity index (χ4n) is 4.61. The van der Waals surface area contributed by atoms with Gasteiger partial charge in [0.15, 0.2) is 6.10 Å². The summed E-state index contributed by atoms with van der Waals surface area (Å²) in [7, 11) is 0. The second-order valence-electron chi connectivity index (χ2n) is 8.21. The van der Waals surface area contributed by atoms with Crippen LogP contribution >= 0.6 is 15.9 Å². The second kappa shape index (κ2) is 8.27. The van der Waals surface area contributed by atoms with Gasteiger partial charge in [-0.25, -0.2) is 9.96 Å². The zero-order valence-electron chi connectivity index (χ0n) is 17.9. The molecule has 4 aromatic rings. The first kappa shape index (κ1) is 20.9. The topological polar surface area (TPSA) is 63.0 Å². The molecule has 34 heavy (non-hydrogen) atoms. The Morgan fingerprint density at radius 3 is 2.03 bits per heavy atom. The largest absolute Gasteiger partial charge is 0.459 e. The summed E-state index contributed by atoms with van der Waals surface area (Å²) >= 11 is 3.45. The Morgan fingerprint density at radius 1 is 0.706 bits per heavy atom. The molecule has 0 unspecified atom stereocenters. The van der Waals surface area contributed by atoms with Crippen LogP contribution in [-0.2, 0) is 14.4 Å². The summed E-state index contributed by atoms with van der Waals surface area (Å²) in [6.07, 6.45) is -0.931. The minimum atomic E-state index is -0.931. The van der Waals surface area contributed by atoms with Crippen LogP contribution in [0.3, 0.4) is 0 Å². The quantitative estimate of drug-likeness (QED) is 0.324. The Hall–Kier alpha value is -3.68. The van der Waals surface area contributed by atoms with Gasteiger partial charge >= 0.3 is 0 Å². The molecule has 3 heterocycles. The lowest BCUT2D eigenvalue weighted by Gasteiger charge is -2.27. The Labute approximate surface area is 204 Å². The van der Waals surface area contributed by atoms with E-state index in [-0.39, 0.29) is 11.8 Å². The van der Waals surface area contributed by atoms with Gasteiger partial charge in [-0.3, -0.25) is 14.4 Å². The third kappa shape index (κ3) is 3.36. The summed E-state index contributed by atoms with van der Waals surface area (Å²) < 4.78 is 7.23. The Kier molecular flexibility index (Phi) is 5.08. The third-order valence-electron chi connectivity index (χ3n) is 6.19. The van der Waals surface area contributed by atoms with Gasteiger partial charge in [0.05, 0.1) is 11.4 Å². The van der Waals surface area contributed by atoms with Crippen LogP contribution in [0, 0.1) is 5.92 Å². The lowest BCUT2D eigenvalue weighted by atomic mass is 9.94. The molecule has 2 aliphatic rings. The molecule has 2 aliphatic heterocycles. The van der Waals surface area contributed by atoms with E-state index in [9.17, 15) is 9.59 Å². The summed E-state index contributed by atoms with van der Waals surface area (Å²) in [5.41, 5.74) is 2.20. The molecule has 168 valence electrons. The fraction of sp³-hybridized carbons (Fsp3) is 0.111. The number of hydrogen-bond donors (Lipinski definition) is 0. The van der Waals surface area contributed by atoms with Gasteiger partial charge in [0, 0.05) is 10.0 Å². The smallest absolute Gasteiger partial charge is 0.266 e. The van der Waals surface area contributed by atoms with Crippen molar-refractivity contribution in [3.63, 3.8) is 0 Å². The summed E-state index contributed by atoms with van der Waals surface area (Å²) in [4.78, 5) is 34.3. The molecule has 3 atom stereocenters. The van der Waals surface area contributed by atoms with E-state index in [1.54, 1.807) is 29.3 Å². The zero-order chi connectivity index (χ0) is 23.2. The number of carbonyl (C=O) groups is 2. The van der Waals surface area contributed by atoms with Crippen molar-refractivity contribution in [2.75, 3.05) is 9.96 Å². The molecule has 3 aromatic carbocycles. The molecule has 2 amide bonds. The van der Waals surface area contributed by atoms with Gasteiger partial charge in [0.25, 0.3) is 5.91 Å². The monoisotopic (exact) mass is 514 g/mol. The fourth-order valence-corrected chi connectivity index (χ4v) is 4.88. The Bertz CT molecular complexity index is 1350. The molecule has 6 rings (SSSR count). The number of hydroxylamine groups is 1. The van der Waals surface area contributed by atoms with Gasteiger partial charge in [-0.05, 0) is 48.5 Å². The van der Waals surface area contributed by atoms with Crippen molar-refractivity contribution in [1.29, 1.82) is 0 Å². The van der Waals surface area contributed by atoms with Crippen LogP contribution in [0.2, 0.25) is 0 Å². The van der Waals surface area contributed by atoms with Crippen LogP contribution < -0.4 is 9.96 Å². The van der Waals surface area contributed by atoms with Crippen molar-refractivity contribution in [3.8, 4) is 11.3 Å². The highest BCUT2D eigenvalue weighted by atomic mass is 79.9. The molecule has 0 saturated carbocycles. The van der Waals surface area contributed by atoms with Gasteiger partial charge in [-0.1, -0.05) is 64.5 Å². The Balaban J connectivity index is 1.42. The molecule has 0 aliphatic carbocycles. The average molecular weight is 515 g/mol. The van der Waals surface area contributed by atoms with Gasteiger partial charge in [-0.2, -0.15) is 0 Å². The van der Waals surface area contributed by atoms with Gasteiger partial charge in [0.2, 0.25) is 5.91 Å². The second-order valence-corrected chi connectivity index (χ2v) is 9.13. The maximum absolute atomic E-state index is 13.6. The number of fused-ring (bicyclic) bond motifs is 1. The first-order chi connectivity index (χ1) is 16.6. The van der Waals surface area contributed by atoms with E-state index in [4.69, 9.17) is 9.25 Å². The van der Waals surface area contributed by atoms with Crippen LogP contribution in [-0.4, -0.2) is 17.9 Å². The summed E-state index contributed by atoms with van der Waals surface area (Å²) in [5.74, 6) is -0.173. The molecule has 0 bridgehead atoms. The average Bonchev–Trinajstić information content (AvgIpc) is 3.56. The molecule has 0 radical (unpaired) electrons. The summed E-state index contributed by atoms with van der Waals surface area (Å²) in [6.45, 7) is 0. The van der Waals surface area contributed by atoms with Crippen molar-refractivity contribution in [2.45, 2.75) is 12.1 Å². The molecule has 2 fully saturated rings. The normalized spacial score (nSPS) is 21.9.